The van der Waals surface area contributed by atoms with Gasteiger partial charge < -0.3 is 18.8 Å². The Labute approximate surface area is 193 Å². The first-order valence-electron chi connectivity index (χ1n) is 11.2. The van der Waals surface area contributed by atoms with Gasteiger partial charge in [-0.15, -0.1) is 0 Å². The number of carbonyl (C=O) groups is 2. The fourth-order valence-corrected chi connectivity index (χ4v) is 4.42. The van der Waals surface area contributed by atoms with Crippen LogP contribution in [0.25, 0.3) is 11.0 Å². The lowest BCUT2D eigenvalue weighted by atomic mass is 9.88. The third-order valence-electron chi connectivity index (χ3n) is 5.98. The van der Waals surface area contributed by atoms with E-state index in [4.69, 9.17) is 19.2 Å². The van der Waals surface area contributed by atoms with E-state index in [1.165, 1.54) is 0 Å². The molecule has 1 aliphatic rings. The summed E-state index contributed by atoms with van der Waals surface area (Å²) in [5, 5.41) is 0. The number of aromatic nitrogens is 2. The number of ether oxygens (including phenoxy) is 3. The van der Waals surface area contributed by atoms with Crippen molar-refractivity contribution in [2.24, 2.45) is 5.92 Å². The number of hydrogen-bond acceptors (Lipinski definition) is 6. The minimum absolute atomic E-state index is 0.178. The lowest BCUT2D eigenvalue weighted by Crippen LogP contribution is -2.50. The van der Waals surface area contributed by atoms with Crippen LogP contribution in [0, 0.1) is 5.92 Å². The van der Waals surface area contributed by atoms with Gasteiger partial charge in [0, 0.05) is 12.1 Å². The van der Waals surface area contributed by atoms with Crippen LogP contribution >= 0.6 is 0 Å². The molecule has 2 atom stereocenters. The first-order valence-corrected chi connectivity index (χ1v) is 11.2. The Morgan fingerprint density at radius 3 is 2.58 bits per heavy atom. The summed E-state index contributed by atoms with van der Waals surface area (Å²) in [6.45, 7) is 4.44. The minimum atomic E-state index is -1.09. The predicted molar refractivity (Wildman–Crippen MR) is 125 cm³/mol. The standard InChI is InChI=1S/C25H29N3O5/c1-5-7-14-27-23(29)21(24(30)33-6-2)22(17-15-16(31-3)12-13-20(17)32-4)28-19-11-9-8-10-18(19)26-25(27)28/h8-13,15,21-22H,5-7,14H2,1-4H3/t21-,22-/m0/s1. The van der Waals surface area contributed by atoms with Crippen molar-refractivity contribution in [3.8, 4) is 11.5 Å². The second-order valence-electron chi connectivity index (χ2n) is 7.90. The first-order chi connectivity index (χ1) is 16.0. The number of anilines is 1. The van der Waals surface area contributed by atoms with Crippen molar-refractivity contribution in [2.75, 3.05) is 32.3 Å². The Morgan fingerprint density at radius 1 is 1.09 bits per heavy atom. The van der Waals surface area contributed by atoms with E-state index in [0.29, 0.717) is 29.6 Å². The second kappa shape index (κ2) is 9.52. The van der Waals surface area contributed by atoms with Gasteiger partial charge in [0.05, 0.1) is 37.9 Å². The van der Waals surface area contributed by atoms with Gasteiger partial charge in [0.1, 0.15) is 11.5 Å². The zero-order valence-corrected chi connectivity index (χ0v) is 19.4. The fraction of sp³-hybridized carbons (Fsp3) is 0.400. The van der Waals surface area contributed by atoms with E-state index in [2.05, 4.69) is 6.92 Å². The molecule has 4 rings (SSSR count). The molecule has 0 fully saturated rings. The van der Waals surface area contributed by atoms with Gasteiger partial charge in [-0.2, -0.15) is 0 Å². The van der Waals surface area contributed by atoms with Crippen molar-refractivity contribution < 1.29 is 23.8 Å². The number of rotatable bonds is 8. The number of esters is 1. The quantitative estimate of drug-likeness (QED) is 0.381. The summed E-state index contributed by atoms with van der Waals surface area (Å²) in [5.41, 5.74) is 2.23. The third kappa shape index (κ3) is 3.90. The van der Waals surface area contributed by atoms with E-state index >= 15 is 0 Å². The molecule has 33 heavy (non-hydrogen) atoms. The average molecular weight is 452 g/mol. The van der Waals surface area contributed by atoms with Crippen molar-refractivity contribution in [3.63, 3.8) is 0 Å². The van der Waals surface area contributed by atoms with Gasteiger partial charge in [-0.1, -0.05) is 25.5 Å². The molecule has 1 aromatic heterocycles. The van der Waals surface area contributed by atoms with E-state index in [1.807, 2.05) is 34.9 Å². The van der Waals surface area contributed by atoms with Crippen molar-refractivity contribution in [1.82, 2.24) is 9.55 Å². The van der Waals surface area contributed by atoms with Gasteiger partial charge in [-0.05, 0) is 43.7 Å². The highest BCUT2D eigenvalue weighted by Crippen LogP contribution is 2.44. The Kier molecular flexibility index (Phi) is 6.53. The number of fused-ring (bicyclic) bond motifs is 3. The smallest absolute Gasteiger partial charge is 0.321 e. The minimum Gasteiger partial charge on any atom is -0.497 e. The highest BCUT2D eigenvalue weighted by Gasteiger charge is 2.48. The normalized spacial score (nSPS) is 17.7. The molecule has 0 saturated carbocycles. The maximum Gasteiger partial charge on any atom is 0.321 e. The van der Waals surface area contributed by atoms with Gasteiger partial charge in [-0.3, -0.25) is 14.5 Å². The summed E-state index contributed by atoms with van der Waals surface area (Å²) in [7, 11) is 3.14. The van der Waals surface area contributed by atoms with Gasteiger partial charge >= 0.3 is 5.97 Å². The number of imidazole rings is 1. The topological polar surface area (TPSA) is 82.9 Å². The monoisotopic (exact) mass is 451 g/mol. The Hall–Kier alpha value is -3.55. The number of nitrogens with zero attached hydrogens (tertiary/aromatic N) is 3. The lowest BCUT2D eigenvalue weighted by molar-refractivity contribution is -0.153. The zero-order chi connectivity index (χ0) is 23.5. The Morgan fingerprint density at radius 2 is 1.88 bits per heavy atom. The molecule has 0 saturated heterocycles. The van der Waals surface area contributed by atoms with Gasteiger partial charge in [0.15, 0.2) is 5.92 Å². The SMILES string of the molecule is CCCCN1C(=O)[C@@H](C(=O)OCC)[C@H](c2cc(OC)ccc2OC)n2c1nc1ccccc12. The van der Waals surface area contributed by atoms with Gasteiger partial charge in [0.2, 0.25) is 11.9 Å². The van der Waals surface area contributed by atoms with Gasteiger partial charge in [0.25, 0.3) is 0 Å². The van der Waals surface area contributed by atoms with Crippen LogP contribution < -0.4 is 14.4 Å². The molecule has 0 N–H and O–H groups in total. The molecule has 8 nitrogen and oxygen atoms in total. The molecule has 2 aromatic carbocycles. The molecule has 8 heteroatoms. The second-order valence-corrected chi connectivity index (χ2v) is 7.90. The Balaban J connectivity index is 2.03. The van der Waals surface area contributed by atoms with Gasteiger partial charge in [-0.25, -0.2) is 4.98 Å². The predicted octanol–water partition coefficient (Wildman–Crippen LogP) is 3.97. The molecule has 0 aliphatic carbocycles. The number of methoxy groups -OCH3 is 2. The zero-order valence-electron chi connectivity index (χ0n) is 19.4. The molecule has 0 radical (unpaired) electrons. The summed E-state index contributed by atoms with van der Waals surface area (Å²) < 4.78 is 18.5. The van der Waals surface area contributed by atoms with E-state index < -0.39 is 17.9 Å². The molecule has 0 unspecified atom stereocenters. The molecular weight excluding hydrogens is 422 g/mol. The summed E-state index contributed by atoms with van der Waals surface area (Å²) in [6.07, 6.45) is 1.69. The number of carbonyl (C=O) groups excluding carboxylic acids is 2. The molecule has 2 heterocycles. The lowest BCUT2D eigenvalue weighted by Gasteiger charge is -2.38. The van der Waals surface area contributed by atoms with Crippen molar-refractivity contribution in [2.45, 2.75) is 32.7 Å². The third-order valence-corrected chi connectivity index (χ3v) is 5.98. The number of benzene rings is 2. The number of unbranched alkanes of at least 4 members (excludes halogenated alkanes) is 1. The molecular formula is C25H29N3O5. The summed E-state index contributed by atoms with van der Waals surface area (Å²) in [4.78, 5) is 33.5. The average Bonchev–Trinajstić information content (AvgIpc) is 3.21. The molecule has 174 valence electrons. The maximum absolute atomic E-state index is 13.8. The van der Waals surface area contributed by atoms with Crippen LogP contribution in [0.15, 0.2) is 42.5 Å². The Bertz CT molecular complexity index is 1170. The van der Waals surface area contributed by atoms with E-state index in [1.54, 1.807) is 38.2 Å². The van der Waals surface area contributed by atoms with Crippen LogP contribution in [0.1, 0.15) is 38.3 Å². The van der Waals surface area contributed by atoms with Crippen molar-refractivity contribution in [3.05, 3.63) is 48.0 Å². The van der Waals surface area contributed by atoms with Crippen LogP contribution in [0.4, 0.5) is 5.95 Å². The van der Waals surface area contributed by atoms with E-state index in [9.17, 15) is 9.59 Å². The van der Waals surface area contributed by atoms with Crippen LogP contribution in [0.5, 0.6) is 11.5 Å². The summed E-state index contributed by atoms with van der Waals surface area (Å²) in [6, 6.07) is 12.3. The highest BCUT2D eigenvalue weighted by atomic mass is 16.5. The molecule has 0 spiro atoms. The number of amides is 1. The summed E-state index contributed by atoms with van der Waals surface area (Å²) >= 11 is 0. The largest absolute Gasteiger partial charge is 0.497 e. The fourth-order valence-electron chi connectivity index (χ4n) is 4.42. The van der Waals surface area contributed by atoms with E-state index in [-0.39, 0.29) is 12.5 Å². The molecule has 0 bridgehead atoms. The van der Waals surface area contributed by atoms with Crippen LogP contribution in [-0.2, 0) is 14.3 Å². The van der Waals surface area contributed by atoms with Crippen LogP contribution in [0.3, 0.4) is 0 Å². The number of hydrogen-bond donors (Lipinski definition) is 0. The summed E-state index contributed by atoms with van der Waals surface area (Å²) in [5.74, 6) is -0.311. The van der Waals surface area contributed by atoms with Crippen molar-refractivity contribution in [1.29, 1.82) is 0 Å². The van der Waals surface area contributed by atoms with Crippen LogP contribution in [-0.4, -0.2) is 48.8 Å². The molecule has 1 aliphatic heterocycles. The maximum atomic E-state index is 13.8. The molecule has 1 amide bonds. The van der Waals surface area contributed by atoms with Crippen molar-refractivity contribution >= 4 is 28.9 Å². The van der Waals surface area contributed by atoms with Crippen LogP contribution in [0.2, 0.25) is 0 Å². The first kappa shape index (κ1) is 22.6. The molecule has 3 aromatic rings. The highest BCUT2D eigenvalue weighted by molar-refractivity contribution is 6.08. The number of para-hydroxylation sites is 2. The van der Waals surface area contributed by atoms with E-state index in [0.717, 1.165) is 23.9 Å².